The molecule has 0 saturated carbocycles. The number of halogens is 1. The van der Waals surface area contributed by atoms with E-state index in [9.17, 15) is 0 Å². The highest BCUT2D eigenvalue weighted by molar-refractivity contribution is 7.10. The SMILES string of the molecule is CCCC(C)(CC)c1csc(C)c1Cl. The average molecular weight is 231 g/mol. The quantitative estimate of drug-likeness (QED) is 0.669. The van der Waals surface area contributed by atoms with E-state index in [1.165, 1.54) is 23.3 Å². The molecule has 0 saturated heterocycles. The average Bonchev–Trinajstić information content (AvgIpc) is 2.48. The number of aryl methyl sites for hydroxylation is 1. The first-order valence-corrected chi connectivity index (χ1v) is 6.55. The summed E-state index contributed by atoms with van der Waals surface area (Å²) in [6.07, 6.45) is 3.60. The van der Waals surface area contributed by atoms with Crippen LogP contribution in [0.1, 0.15) is 50.5 Å². The summed E-state index contributed by atoms with van der Waals surface area (Å²) in [5.41, 5.74) is 1.63. The summed E-state index contributed by atoms with van der Waals surface area (Å²) in [6, 6.07) is 0. The van der Waals surface area contributed by atoms with E-state index in [1.807, 2.05) is 0 Å². The minimum absolute atomic E-state index is 0.274. The van der Waals surface area contributed by atoms with Crippen molar-refractivity contribution < 1.29 is 0 Å². The minimum Gasteiger partial charge on any atom is -0.147 e. The van der Waals surface area contributed by atoms with Crippen LogP contribution in [0.5, 0.6) is 0 Å². The fourth-order valence-corrected chi connectivity index (χ4v) is 3.29. The molecule has 80 valence electrons. The van der Waals surface area contributed by atoms with E-state index < -0.39 is 0 Å². The van der Waals surface area contributed by atoms with Crippen LogP contribution in [-0.4, -0.2) is 0 Å². The van der Waals surface area contributed by atoms with Crippen LogP contribution in [0.4, 0.5) is 0 Å². The van der Waals surface area contributed by atoms with E-state index in [1.54, 1.807) is 11.3 Å². The van der Waals surface area contributed by atoms with Crippen LogP contribution in [0.2, 0.25) is 5.02 Å². The van der Waals surface area contributed by atoms with E-state index in [0.717, 1.165) is 11.4 Å². The molecule has 0 amide bonds. The molecule has 0 N–H and O–H groups in total. The van der Waals surface area contributed by atoms with Gasteiger partial charge in [0.05, 0.1) is 5.02 Å². The van der Waals surface area contributed by atoms with Gasteiger partial charge in [-0.15, -0.1) is 11.3 Å². The fraction of sp³-hybridized carbons (Fsp3) is 0.667. The summed E-state index contributed by atoms with van der Waals surface area (Å²) >= 11 is 8.09. The molecule has 1 aromatic rings. The van der Waals surface area contributed by atoms with Crippen LogP contribution in [0.3, 0.4) is 0 Å². The molecule has 1 rings (SSSR count). The lowest BCUT2D eigenvalue weighted by molar-refractivity contribution is 0.415. The van der Waals surface area contributed by atoms with Gasteiger partial charge in [0, 0.05) is 4.88 Å². The zero-order valence-corrected chi connectivity index (χ0v) is 11.1. The lowest BCUT2D eigenvalue weighted by Crippen LogP contribution is -2.20. The third kappa shape index (κ3) is 2.14. The molecule has 0 aromatic carbocycles. The third-order valence-corrected chi connectivity index (χ3v) is 4.64. The molecule has 1 heterocycles. The van der Waals surface area contributed by atoms with Crippen LogP contribution in [-0.2, 0) is 5.41 Å². The lowest BCUT2D eigenvalue weighted by atomic mass is 9.78. The molecule has 1 atom stereocenters. The fourth-order valence-electron chi connectivity index (χ4n) is 1.90. The highest BCUT2D eigenvalue weighted by Crippen LogP contribution is 2.40. The Morgan fingerprint density at radius 2 is 2.07 bits per heavy atom. The van der Waals surface area contributed by atoms with Gasteiger partial charge in [0.25, 0.3) is 0 Å². The second-order valence-electron chi connectivity index (χ2n) is 4.18. The molecule has 0 bridgehead atoms. The lowest BCUT2D eigenvalue weighted by Gasteiger charge is -2.27. The van der Waals surface area contributed by atoms with Crippen molar-refractivity contribution in [2.24, 2.45) is 0 Å². The van der Waals surface area contributed by atoms with Crippen molar-refractivity contribution in [3.05, 3.63) is 20.8 Å². The van der Waals surface area contributed by atoms with Gasteiger partial charge in [-0.05, 0) is 36.1 Å². The van der Waals surface area contributed by atoms with Gasteiger partial charge < -0.3 is 0 Å². The standard InChI is InChI=1S/C12H19ClS/c1-5-7-12(4,6-2)10-8-14-9(3)11(10)13/h8H,5-7H2,1-4H3. The Bertz CT molecular complexity index is 303. The molecule has 0 radical (unpaired) electrons. The molecule has 14 heavy (non-hydrogen) atoms. The van der Waals surface area contributed by atoms with Crippen LogP contribution >= 0.6 is 22.9 Å². The number of hydrogen-bond acceptors (Lipinski definition) is 1. The molecule has 0 fully saturated rings. The summed E-state index contributed by atoms with van der Waals surface area (Å²) in [7, 11) is 0. The maximum Gasteiger partial charge on any atom is 0.0579 e. The van der Waals surface area contributed by atoms with Gasteiger partial charge in [-0.25, -0.2) is 0 Å². The molecule has 0 aliphatic carbocycles. The summed E-state index contributed by atoms with van der Waals surface area (Å²) in [4.78, 5) is 1.25. The van der Waals surface area contributed by atoms with Crippen molar-refractivity contribution >= 4 is 22.9 Å². The van der Waals surface area contributed by atoms with Crippen LogP contribution in [0, 0.1) is 6.92 Å². The van der Waals surface area contributed by atoms with Crippen molar-refractivity contribution in [3.8, 4) is 0 Å². The van der Waals surface area contributed by atoms with Crippen molar-refractivity contribution in [1.82, 2.24) is 0 Å². The van der Waals surface area contributed by atoms with Gasteiger partial charge in [0.2, 0.25) is 0 Å². The van der Waals surface area contributed by atoms with E-state index in [0.29, 0.717) is 0 Å². The maximum absolute atomic E-state index is 6.32. The van der Waals surface area contributed by atoms with Crippen molar-refractivity contribution in [2.75, 3.05) is 0 Å². The first-order valence-electron chi connectivity index (χ1n) is 5.29. The van der Waals surface area contributed by atoms with Gasteiger partial charge >= 0.3 is 0 Å². The monoisotopic (exact) mass is 230 g/mol. The Morgan fingerprint density at radius 1 is 1.43 bits per heavy atom. The number of rotatable bonds is 4. The van der Waals surface area contributed by atoms with Crippen LogP contribution < -0.4 is 0 Å². The van der Waals surface area contributed by atoms with E-state index >= 15 is 0 Å². The second kappa shape index (κ2) is 4.67. The maximum atomic E-state index is 6.32. The van der Waals surface area contributed by atoms with Crippen molar-refractivity contribution in [1.29, 1.82) is 0 Å². The second-order valence-corrected chi connectivity index (χ2v) is 5.65. The predicted octanol–water partition coefficient (Wildman–Crippen LogP) is 5.18. The Hall–Kier alpha value is -0.0100. The van der Waals surface area contributed by atoms with Crippen LogP contribution in [0.25, 0.3) is 0 Å². The summed E-state index contributed by atoms with van der Waals surface area (Å²) < 4.78 is 0. The van der Waals surface area contributed by atoms with Crippen molar-refractivity contribution in [3.63, 3.8) is 0 Å². The molecule has 0 nitrogen and oxygen atoms in total. The molecule has 2 heteroatoms. The predicted molar refractivity (Wildman–Crippen MR) is 66.6 cm³/mol. The van der Waals surface area contributed by atoms with Gasteiger partial charge in [0.1, 0.15) is 0 Å². The number of hydrogen-bond donors (Lipinski definition) is 0. The third-order valence-electron chi connectivity index (χ3n) is 3.13. The first-order chi connectivity index (χ1) is 6.55. The molecular formula is C12H19ClS. The van der Waals surface area contributed by atoms with Gasteiger partial charge in [0.15, 0.2) is 0 Å². The zero-order valence-electron chi connectivity index (χ0n) is 9.48. The van der Waals surface area contributed by atoms with Gasteiger partial charge in [-0.3, -0.25) is 0 Å². The van der Waals surface area contributed by atoms with Gasteiger partial charge in [-0.2, -0.15) is 0 Å². The smallest absolute Gasteiger partial charge is 0.0579 e. The Kier molecular flexibility index (Phi) is 4.03. The normalized spacial score (nSPS) is 15.5. The summed E-state index contributed by atoms with van der Waals surface area (Å²) in [6.45, 7) is 8.91. The summed E-state index contributed by atoms with van der Waals surface area (Å²) in [5, 5.41) is 3.23. The van der Waals surface area contributed by atoms with E-state index in [-0.39, 0.29) is 5.41 Å². The van der Waals surface area contributed by atoms with Crippen molar-refractivity contribution in [2.45, 2.75) is 52.4 Å². The van der Waals surface area contributed by atoms with E-state index in [2.05, 4.69) is 33.1 Å². The first kappa shape index (κ1) is 12.1. The highest BCUT2D eigenvalue weighted by Gasteiger charge is 2.27. The Labute approximate surface area is 96.3 Å². The topological polar surface area (TPSA) is 0 Å². The largest absolute Gasteiger partial charge is 0.147 e. The van der Waals surface area contributed by atoms with E-state index in [4.69, 9.17) is 11.6 Å². The summed E-state index contributed by atoms with van der Waals surface area (Å²) in [5.74, 6) is 0. The molecule has 0 spiro atoms. The van der Waals surface area contributed by atoms with Crippen LogP contribution in [0.15, 0.2) is 5.38 Å². The molecule has 0 aliphatic heterocycles. The molecule has 0 aliphatic rings. The molecular weight excluding hydrogens is 212 g/mol. The molecule has 1 unspecified atom stereocenters. The molecule has 1 aromatic heterocycles. The van der Waals surface area contributed by atoms with Gasteiger partial charge in [-0.1, -0.05) is 38.8 Å². The highest BCUT2D eigenvalue weighted by atomic mass is 35.5. The Morgan fingerprint density at radius 3 is 2.43 bits per heavy atom. The minimum atomic E-state index is 0.274. The zero-order chi connectivity index (χ0) is 10.8. The Balaban J connectivity index is 3.05. The number of thiophene rings is 1.